The first-order chi connectivity index (χ1) is 9.55. The Morgan fingerprint density at radius 1 is 1.20 bits per heavy atom. The molecule has 5 nitrogen and oxygen atoms in total. The zero-order valence-corrected chi connectivity index (χ0v) is 11.9. The van der Waals surface area contributed by atoms with Crippen LogP contribution in [0.2, 0.25) is 0 Å². The monoisotopic (exact) mass is 292 g/mol. The van der Waals surface area contributed by atoms with Crippen LogP contribution >= 0.6 is 0 Å². The zero-order valence-electron chi connectivity index (χ0n) is 11.1. The summed E-state index contributed by atoms with van der Waals surface area (Å²) in [7, 11) is -3.71. The van der Waals surface area contributed by atoms with Crippen LogP contribution in [0.1, 0.15) is 18.1 Å². The van der Waals surface area contributed by atoms with Crippen molar-refractivity contribution in [3.63, 3.8) is 0 Å². The number of aliphatic hydroxyl groups excluding tert-OH is 1. The van der Waals surface area contributed by atoms with Gasteiger partial charge in [0, 0.05) is 11.9 Å². The Morgan fingerprint density at radius 2 is 2.00 bits per heavy atom. The lowest BCUT2D eigenvalue weighted by atomic mass is 10.1. The fourth-order valence-electron chi connectivity index (χ4n) is 1.73. The topological polar surface area (TPSA) is 79.3 Å². The van der Waals surface area contributed by atoms with Gasteiger partial charge in [0.15, 0.2) is 5.03 Å². The highest BCUT2D eigenvalue weighted by molar-refractivity contribution is 7.92. The molecule has 2 rings (SSSR count). The van der Waals surface area contributed by atoms with Crippen molar-refractivity contribution in [2.45, 2.75) is 25.0 Å². The minimum atomic E-state index is -3.71. The van der Waals surface area contributed by atoms with Crippen molar-refractivity contribution in [1.82, 2.24) is 4.98 Å². The lowest BCUT2D eigenvalue weighted by Gasteiger charge is -2.08. The first-order valence-corrected chi connectivity index (χ1v) is 7.71. The predicted molar refractivity (Wildman–Crippen MR) is 76.8 cm³/mol. The van der Waals surface area contributed by atoms with E-state index in [9.17, 15) is 8.42 Å². The molecule has 1 aromatic carbocycles. The third kappa shape index (κ3) is 3.34. The molecule has 20 heavy (non-hydrogen) atoms. The molecule has 0 atom stereocenters. The quantitative estimate of drug-likeness (QED) is 0.882. The summed E-state index contributed by atoms with van der Waals surface area (Å²) in [5.41, 5.74) is 2.13. The summed E-state index contributed by atoms with van der Waals surface area (Å²) in [6.07, 6.45) is 2.18. The molecule has 0 amide bonds. The second kappa shape index (κ2) is 6.02. The number of nitrogens with one attached hydrogen (secondary N) is 1. The van der Waals surface area contributed by atoms with Gasteiger partial charge in [0.1, 0.15) is 0 Å². The summed E-state index contributed by atoms with van der Waals surface area (Å²) in [4.78, 5) is 3.85. The number of hydrogen-bond acceptors (Lipinski definition) is 4. The number of aliphatic hydroxyl groups is 1. The SMILES string of the molecule is CCc1cccc(NS(=O)(=O)c2ccc(CO)cn2)c1. The van der Waals surface area contributed by atoms with Gasteiger partial charge in [0.05, 0.1) is 6.61 Å². The number of nitrogens with zero attached hydrogens (tertiary/aromatic N) is 1. The molecule has 0 aliphatic rings. The molecular formula is C14H16N2O3S. The molecule has 0 spiro atoms. The smallest absolute Gasteiger partial charge is 0.279 e. The highest BCUT2D eigenvalue weighted by Crippen LogP contribution is 2.16. The fourth-order valence-corrected chi connectivity index (χ4v) is 2.71. The maximum absolute atomic E-state index is 12.2. The molecule has 1 aromatic heterocycles. The van der Waals surface area contributed by atoms with Gasteiger partial charge in [0.2, 0.25) is 0 Å². The number of anilines is 1. The molecular weight excluding hydrogens is 276 g/mol. The average molecular weight is 292 g/mol. The van der Waals surface area contributed by atoms with E-state index in [0.29, 0.717) is 11.3 Å². The zero-order chi connectivity index (χ0) is 14.6. The molecule has 0 aliphatic heterocycles. The minimum absolute atomic E-state index is 0.0726. The Bertz CT molecular complexity index is 682. The summed E-state index contributed by atoms with van der Waals surface area (Å²) in [6, 6.07) is 10.1. The molecule has 0 saturated heterocycles. The Hall–Kier alpha value is -1.92. The van der Waals surface area contributed by atoms with Crippen LogP contribution in [0.15, 0.2) is 47.6 Å². The van der Waals surface area contributed by atoms with Gasteiger partial charge in [-0.15, -0.1) is 0 Å². The average Bonchev–Trinajstić information content (AvgIpc) is 2.47. The van der Waals surface area contributed by atoms with E-state index >= 15 is 0 Å². The van der Waals surface area contributed by atoms with Crippen molar-refractivity contribution in [3.8, 4) is 0 Å². The summed E-state index contributed by atoms with van der Waals surface area (Å²) in [5.74, 6) is 0. The Balaban J connectivity index is 2.25. The van der Waals surface area contributed by atoms with Gasteiger partial charge in [0.25, 0.3) is 10.0 Å². The molecule has 0 unspecified atom stereocenters. The lowest BCUT2D eigenvalue weighted by Crippen LogP contribution is -2.14. The van der Waals surface area contributed by atoms with Crippen LogP contribution in [-0.2, 0) is 23.1 Å². The van der Waals surface area contributed by atoms with E-state index in [1.54, 1.807) is 18.2 Å². The van der Waals surface area contributed by atoms with Crippen molar-refractivity contribution in [2.75, 3.05) is 4.72 Å². The van der Waals surface area contributed by atoms with E-state index in [1.165, 1.54) is 18.3 Å². The van der Waals surface area contributed by atoms with Crippen LogP contribution in [0.25, 0.3) is 0 Å². The number of hydrogen-bond donors (Lipinski definition) is 2. The number of aromatic nitrogens is 1. The number of aryl methyl sites for hydroxylation is 1. The van der Waals surface area contributed by atoms with E-state index in [0.717, 1.165) is 12.0 Å². The van der Waals surface area contributed by atoms with E-state index in [-0.39, 0.29) is 11.6 Å². The van der Waals surface area contributed by atoms with Crippen molar-refractivity contribution in [2.24, 2.45) is 0 Å². The summed E-state index contributed by atoms with van der Waals surface area (Å²) < 4.78 is 26.8. The molecule has 6 heteroatoms. The lowest BCUT2D eigenvalue weighted by molar-refractivity contribution is 0.281. The largest absolute Gasteiger partial charge is 0.392 e. The van der Waals surface area contributed by atoms with Crippen molar-refractivity contribution in [3.05, 3.63) is 53.7 Å². The van der Waals surface area contributed by atoms with Crippen LogP contribution in [0.3, 0.4) is 0 Å². The maximum atomic E-state index is 12.2. The molecule has 2 N–H and O–H groups in total. The normalized spacial score (nSPS) is 11.3. The maximum Gasteiger partial charge on any atom is 0.279 e. The van der Waals surface area contributed by atoms with E-state index in [1.807, 2.05) is 13.0 Å². The Morgan fingerprint density at radius 3 is 2.60 bits per heavy atom. The molecule has 0 saturated carbocycles. The number of sulfonamides is 1. The predicted octanol–water partition coefficient (Wildman–Crippen LogP) is 1.94. The third-order valence-corrected chi connectivity index (χ3v) is 4.14. The van der Waals surface area contributed by atoms with Gasteiger partial charge in [-0.05, 0) is 35.7 Å². The van der Waals surface area contributed by atoms with Gasteiger partial charge < -0.3 is 5.11 Å². The first kappa shape index (κ1) is 14.5. The van der Waals surface area contributed by atoms with Crippen molar-refractivity contribution in [1.29, 1.82) is 0 Å². The summed E-state index contributed by atoms with van der Waals surface area (Å²) >= 11 is 0. The van der Waals surface area contributed by atoms with Crippen LogP contribution in [-0.4, -0.2) is 18.5 Å². The number of rotatable bonds is 5. The molecule has 1 heterocycles. The molecule has 106 valence electrons. The van der Waals surface area contributed by atoms with Gasteiger partial charge >= 0.3 is 0 Å². The second-order valence-corrected chi connectivity index (χ2v) is 5.95. The molecule has 0 fully saturated rings. The van der Waals surface area contributed by atoms with Gasteiger partial charge in [-0.3, -0.25) is 4.72 Å². The number of pyridine rings is 1. The highest BCUT2D eigenvalue weighted by atomic mass is 32.2. The highest BCUT2D eigenvalue weighted by Gasteiger charge is 2.15. The molecule has 0 bridgehead atoms. The van der Waals surface area contributed by atoms with Gasteiger partial charge in [-0.25, -0.2) is 4.98 Å². The van der Waals surface area contributed by atoms with E-state index in [4.69, 9.17) is 5.11 Å². The van der Waals surface area contributed by atoms with E-state index < -0.39 is 10.0 Å². The Kier molecular flexibility index (Phi) is 4.36. The van der Waals surface area contributed by atoms with Crippen LogP contribution in [0, 0.1) is 0 Å². The third-order valence-electron chi connectivity index (χ3n) is 2.84. The van der Waals surface area contributed by atoms with Gasteiger partial charge in [-0.2, -0.15) is 8.42 Å². The van der Waals surface area contributed by atoms with Crippen LogP contribution in [0.5, 0.6) is 0 Å². The first-order valence-electron chi connectivity index (χ1n) is 6.22. The van der Waals surface area contributed by atoms with E-state index in [2.05, 4.69) is 9.71 Å². The molecule has 0 radical (unpaired) electrons. The standard InChI is InChI=1S/C14H16N2O3S/c1-2-11-4-3-5-13(8-11)16-20(18,19)14-7-6-12(10-17)9-15-14/h3-9,16-17H,2,10H2,1H3. The van der Waals surface area contributed by atoms with Gasteiger partial charge in [-0.1, -0.05) is 25.1 Å². The van der Waals surface area contributed by atoms with Crippen molar-refractivity contribution >= 4 is 15.7 Å². The fraction of sp³-hybridized carbons (Fsp3) is 0.214. The Labute approximate surface area is 118 Å². The number of benzene rings is 1. The van der Waals surface area contributed by atoms with Crippen LogP contribution < -0.4 is 4.72 Å². The summed E-state index contributed by atoms with van der Waals surface area (Å²) in [6.45, 7) is 1.84. The molecule has 0 aliphatic carbocycles. The minimum Gasteiger partial charge on any atom is -0.392 e. The van der Waals surface area contributed by atoms with Crippen LogP contribution in [0.4, 0.5) is 5.69 Å². The molecule has 2 aromatic rings. The summed E-state index contributed by atoms with van der Waals surface area (Å²) in [5, 5.41) is 8.85. The van der Waals surface area contributed by atoms with Crippen molar-refractivity contribution < 1.29 is 13.5 Å². The second-order valence-electron chi connectivity index (χ2n) is 4.32.